The normalized spacial score (nSPS) is 32.1. The van der Waals surface area contributed by atoms with Crippen molar-refractivity contribution in [1.82, 2.24) is 10.2 Å². The number of alkyl halides is 1. The monoisotopic (exact) mass is 244 g/mol. The fourth-order valence-electron chi connectivity index (χ4n) is 2.77. The molecule has 3 nitrogen and oxygen atoms in total. The van der Waals surface area contributed by atoms with Gasteiger partial charge in [0.1, 0.15) is 0 Å². The lowest BCUT2D eigenvalue weighted by molar-refractivity contribution is -0.125. The number of nitrogens with zero attached hydrogens (tertiary/aromatic N) is 1. The molecule has 3 unspecified atom stereocenters. The molecule has 92 valence electrons. The predicted molar refractivity (Wildman–Crippen MR) is 65.6 cm³/mol. The molecule has 0 aromatic heterocycles. The molecule has 4 heteroatoms. The highest BCUT2D eigenvalue weighted by atomic mass is 35.5. The Morgan fingerprint density at radius 1 is 1.50 bits per heavy atom. The van der Waals surface area contributed by atoms with Crippen LogP contribution >= 0.6 is 11.6 Å². The number of amides is 1. The van der Waals surface area contributed by atoms with Gasteiger partial charge in [0.15, 0.2) is 0 Å². The van der Waals surface area contributed by atoms with Gasteiger partial charge in [-0.05, 0) is 32.2 Å². The van der Waals surface area contributed by atoms with Gasteiger partial charge in [0.05, 0.1) is 0 Å². The van der Waals surface area contributed by atoms with E-state index in [0.717, 1.165) is 19.4 Å². The summed E-state index contributed by atoms with van der Waals surface area (Å²) in [6.07, 6.45) is 4.85. The van der Waals surface area contributed by atoms with E-state index in [4.69, 9.17) is 11.6 Å². The molecule has 16 heavy (non-hydrogen) atoms. The summed E-state index contributed by atoms with van der Waals surface area (Å²) in [6, 6.07) is 1.09. The molecule has 2 saturated heterocycles. The molecule has 0 radical (unpaired) electrons. The van der Waals surface area contributed by atoms with Crippen LogP contribution in [0.2, 0.25) is 0 Å². The molecule has 1 amide bonds. The average Bonchev–Trinajstić information content (AvgIpc) is 2.75. The van der Waals surface area contributed by atoms with Crippen LogP contribution in [0, 0.1) is 5.92 Å². The zero-order chi connectivity index (χ0) is 11.5. The van der Waals surface area contributed by atoms with Gasteiger partial charge in [0, 0.05) is 30.4 Å². The highest BCUT2D eigenvalue weighted by Gasteiger charge is 2.32. The summed E-state index contributed by atoms with van der Waals surface area (Å²) in [7, 11) is 0. The second kappa shape index (κ2) is 5.37. The lowest BCUT2D eigenvalue weighted by atomic mass is 9.97. The maximum Gasteiger partial charge on any atom is 0.224 e. The van der Waals surface area contributed by atoms with Crippen molar-refractivity contribution in [3.8, 4) is 0 Å². The first kappa shape index (κ1) is 12.2. The summed E-state index contributed by atoms with van der Waals surface area (Å²) in [6.45, 7) is 4.28. The molecule has 0 aliphatic carbocycles. The van der Waals surface area contributed by atoms with Gasteiger partial charge < -0.3 is 10.2 Å². The number of carbonyl (C=O) groups excluding carboxylic acids is 1. The summed E-state index contributed by atoms with van der Waals surface area (Å²) in [5.74, 6) is 0.461. The van der Waals surface area contributed by atoms with E-state index < -0.39 is 0 Å². The van der Waals surface area contributed by atoms with E-state index in [9.17, 15) is 4.79 Å². The summed E-state index contributed by atoms with van der Waals surface area (Å²) >= 11 is 5.68. The summed E-state index contributed by atoms with van der Waals surface area (Å²) in [4.78, 5) is 14.3. The third kappa shape index (κ3) is 2.69. The number of hydrogen-bond donors (Lipinski definition) is 1. The van der Waals surface area contributed by atoms with Crippen LogP contribution in [-0.2, 0) is 4.79 Å². The second-order valence-electron chi connectivity index (χ2n) is 5.12. The van der Waals surface area contributed by atoms with Crippen molar-refractivity contribution in [2.24, 2.45) is 5.92 Å². The van der Waals surface area contributed by atoms with Crippen LogP contribution in [0.3, 0.4) is 0 Å². The van der Waals surface area contributed by atoms with E-state index in [1.54, 1.807) is 0 Å². The number of fused-ring (bicyclic) bond motifs is 1. The smallest absolute Gasteiger partial charge is 0.224 e. The van der Waals surface area contributed by atoms with Crippen molar-refractivity contribution < 1.29 is 4.79 Å². The Kier molecular flexibility index (Phi) is 4.09. The van der Waals surface area contributed by atoms with Crippen LogP contribution in [0.4, 0.5) is 0 Å². The van der Waals surface area contributed by atoms with Crippen molar-refractivity contribution >= 4 is 17.5 Å². The number of carbonyl (C=O) groups is 1. The van der Waals surface area contributed by atoms with Crippen LogP contribution in [-0.4, -0.2) is 41.9 Å². The first-order valence-corrected chi connectivity index (χ1v) is 6.84. The number of rotatable bonds is 3. The highest BCUT2D eigenvalue weighted by Crippen LogP contribution is 2.26. The Hall–Kier alpha value is -0.280. The number of piperidine rings is 1. The van der Waals surface area contributed by atoms with Gasteiger partial charge >= 0.3 is 0 Å². The maximum absolute atomic E-state index is 11.7. The Morgan fingerprint density at radius 2 is 2.31 bits per heavy atom. The van der Waals surface area contributed by atoms with E-state index in [-0.39, 0.29) is 11.8 Å². The van der Waals surface area contributed by atoms with E-state index in [2.05, 4.69) is 10.2 Å². The van der Waals surface area contributed by atoms with E-state index in [0.29, 0.717) is 18.0 Å². The molecule has 0 bridgehead atoms. The van der Waals surface area contributed by atoms with Crippen LogP contribution in [0.15, 0.2) is 0 Å². The molecule has 2 rings (SSSR count). The number of halogens is 1. The standard InChI is InChI=1S/C12H21ClN2O/c1-9(8-13)12(16)14-10-4-6-15-5-2-3-11(15)7-10/h9-11H,2-8H2,1H3,(H,14,16). The third-order valence-corrected chi connectivity index (χ3v) is 4.31. The first-order chi connectivity index (χ1) is 7.70. The minimum absolute atomic E-state index is 0.0664. The lowest BCUT2D eigenvalue weighted by Gasteiger charge is -2.35. The Morgan fingerprint density at radius 3 is 3.06 bits per heavy atom. The van der Waals surface area contributed by atoms with Crippen molar-refractivity contribution in [3.05, 3.63) is 0 Å². The molecule has 2 fully saturated rings. The van der Waals surface area contributed by atoms with Gasteiger partial charge in [-0.25, -0.2) is 0 Å². The Labute approximate surface area is 103 Å². The van der Waals surface area contributed by atoms with Crippen molar-refractivity contribution in [3.63, 3.8) is 0 Å². The number of hydrogen-bond acceptors (Lipinski definition) is 2. The van der Waals surface area contributed by atoms with E-state index in [1.807, 2.05) is 6.92 Å². The first-order valence-electron chi connectivity index (χ1n) is 6.31. The summed E-state index contributed by atoms with van der Waals surface area (Å²) < 4.78 is 0. The van der Waals surface area contributed by atoms with Crippen LogP contribution < -0.4 is 5.32 Å². The fourth-order valence-corrected chi connectivity index (χ4v) is 2.91. The minimum atomic E-state index is -0.0664. The summed E-state index contributed by atoms with van der Waals surface area (Å²) in [5, 5.41) is 3.13. The summed E-state index contributed by atoms with van der Waals surface area (Å²) in [5.41, 5.74) is 0. The van der Waals surface area contributed by atoms with Gasteiger partial charge in [-0.3, -0.25) is 4.79 Å². The predicted octanol–water partition coefficient (Wildman–Crippen LogP) is 1.60. The van der Waals surface area contributed by atoms with Gasteiger partial charge in [0.2, 0.25) is 5.91 Å². The molecule has 2 aliphatic rings. The number of nitrogens with one attached hydrogen (secondary N) is 1. The molecule has 0 saturated carbocycles. The molecule has 1 N–H and O–H groups in total. The SMILES string of the molecule is CC(CCl)C(=O)NC1CCN2CCCC2C1. The minimum Gasteiger partial charge on any atom is -0.353 e. The zero-order valence-electron chi connectivity index (χ0n) is 9.92. The molecular formula is C12H21ClN2O. The van der Waals surface area contributed by atoms with Crippen LogP contribution in [0.25, 0.3) is 0 Å². The largest absolute Gasteiger partial charge is 0.353 e. The van der Waals surface area contributed by atoms with Gasteiger partial charge in [-0.15, -0.1) is 11.6 Å². The van der Waals surface area contributed by atoms with Crippen molar-refractivity contribution in [2.45, 2.75) is 44.7 Å². The molecule has 0 aromatic carbocycles. The van der Waals surface area contributed by atoms with Gasteiger partial charge in [-0.2, -0.15) is 0 Å². The topological polar surface area (TPSA) is 32.3 Å². The van der Waals surface area contributed by atoms with Crippen LogP contribution in [0.1, 0.15) is 32.6 Å². The average molecular weight is 245 g/mol. The molecule has 3 atom stereocenters. The van der Waals surface area contributed by atoms with E-state index in [1.165, 1.54) is 19.4 Å². The van der Waals surface area contributed by atoms with Crippen molar-refractivity contribution in [1.29, 1.82) is 0 Å². The molecule has 2 heterocycles. The highest BCUT2D eigenvalue weighted by molar-refractivity contribution is 6.19. The molecule has 2 aliphatic heterocycles. The molecular weight excluding hydrogens is 224 g/mol. The maximum atomic E-state index is 11.7. The van der Waals surface area contributed by atoms with Crippen molar-refractivity contribution in [2.75, 3.05) is 19.0 Å². The van der Waals surface area contributed by atoms with Gasteiger partial charge in [-0.1, -0.05) is 6.92 Å². The second-order valence-corrected chi connectivity index (χ2v) is 5.43. The van der Waals surface area contributed by atoms with E-state index >= 15 is 0 Å². The third-order valence-electron chi connectivity index (χ3n) is 3.85. The Bertz CT molecular complexity index is 259. The quantitative estimate of drug-likeness (QED) is 0.765. The zero-order valence-corrected chi connectivity index (χ0v) is 10.7. The lowest BCUT2D eigenvalue weighted by Crippen LogP contribution is -2.48. The molecule has 0 spiro atoms. The van der Waals surface area contributed by atoms with Crippen LogP contribution in [0.5, 0.6) is 0 Å². The van der Waals surface area contributed by atoms with Gasteiger partial charge in [0.25, 0.3) is 0 Å². The Balaban J connectivity index is 1.81. The fraction of sp³-hybridized carbons (Fsp3) is 0.917. The molecule has 0 aromatic rings.